The molecule has 5 aromatic carbocycles. The summed E-state index contributed by atoms with van der Waals surface area (Å²) in [6.07, 6.45) is -0.237. The lowest BCUT2D eigenvalue weighted by atomic mass is 9.87. The van der Waals surface area contributed by atoms with Crippen LogP contribution in [0, 0.1) is 17.8 Å². The number of rotatable bonds is 10. The van der Waals surface area contributed by atoms with Crippen LogP contribution in [0.4, 0.5) is 0 Å². The third-order valence-corrected chi connectivity index (χ3v) is 11.6. The van der Waals surface area contributed by atoms with Crippen LogP contribution >= 0.6 is 0 Å². The lowest BCUT2D eigenvalue weighted by Gasteiger charge is -2.29. The highest BCUT2D eigenvalue weighted by atomic mass is 16.3. The highest BCUT2D eigenvalue weighted by Crippen LogP contribution is 2.27. The summed E-state index contributed by atoms with van der Waals surface area (Å²) in [6, 6.07) is 32.9. The number of carbonyl (C=O) groups is 5. The van der Waals surface area contributed by atoms with Crippen molar-refractivity contribution in [2.24, 2.45) is 17.8 Å². The Labute approximate surface area is 364 Å². The first kappa shape index (κ1) is 45.5. The largest absolute Gasteiger partial charge is 0.390 e. The standard InChI is InChI=1S/C51H61N5O6/c1-32(2)24-44-46(57)29-48(59)54-45(25-33(3)4)50(61)53-31-35-13-9-12-34(26-35)30-52-47(58)23-22-43(51(62)56-44)55-49(60)40(27-38-18-10-16-36-14-5-7-20-41(36)38)28-39-19-11-17-37-15-6-8-21-42(37)39/h5-21,26,32-33,40,43-46,57H,22-25,27-31H2,1-4H3,(H,52,58)(H,53,61)(H,54,59)(H,55,60)(H,56,62)/t43?,44?,45-,46?/m0/s1. The van der Waals surface area contributed by atoms with Crippen LogP contribution in [0.3, 0.4) is 0 Å². The van der Waals surface area contributed by atoms with Crippen molar-refractivity contribution in [2.75, 3.05) is 0 Å². The third kappa shape index (κ3) is 12.7. The van der Waals surface area contributed by atoms with Gasteiger partial charge >= 0.3 is 0 Å². The Hall–Kier alpha value is -6.07. The van der Waals surface area contributed by atoms with Crippen molar-refractivity contribution in [1.29, 1.82) is 0 Å². The van der Waals surface area contributed by atoms with Crippen molar-refractivity contribution in [3.05, 3.63) is 131 Å². The summed E-state index contributed by atoms with van der Waals surface area (Å²) in [6.45, 7) is 8.26. The Bertz CT molecular complexity index is 2270. The molecule has 3 unspecified atom stereocenters. The van der Waals surface area contributed by atoms with Crippen LogP contribution in [-0.2, 0) is 49.9 Å². The zero-order valence-corrected chi connectivity index (χ0v) is 36.3. The number of fused-ring (bicyclic) bond motifs is 4. The van der Waals surface area contributed by atoms with Gasteiger partial charge in [-0.05, 0) is 87.7 Å². The first-order chi connectivity index (χ1) is 29.8. The third-order valence-electron chi connectivity index (χ3n) is 11.6. The summed E-state index contributed by atoms with van der Waals surface area (Å²) in [7, 11) is 0. The SMILES string of the molecule is CC(C)CC1NC(=O)C(NC(=O)C(Cc2cccc3ccccc23)Cc2cccc3ccccc23)CCC(=O)NCc2cccc(c2)CNC(=O)[C@H](CC(C)C)NC(=O)CC1O. The number of carbonyl (C=O) groups excluding carboxylic acids is 5. The van der Waals surface area contributed by atoms with E-state index >= 15 is 0 Å². The van der Waals surface area contributed by atoms with E-state index in [0.717, 1.165) is 43.8 Å². The molecule has 6 rings (SSSR count). The minimum absolute atomic E-state index is 0.00735. The number of hydrogen-bond donors (Lipinski definition) is 6. The monoisotopic (exact) mass is 839 g/mol. The minimum atomic E-state index is -1.30. The maximum atomic E-state index is 14.8. The molecule has 1 aliphatic heterocycles. The van der Waals surface area contributed by atoms with E-state index < -0.39 is 42.0 Å². The Morgan fingerprint density at radius 3 is 1.81 bits per heavy atom. The first-order valence-electron chi connectivity index (χ1n) is 22.0. The van der Waals surface area contributed by atoms with E-state index in [1.54, 1.807) is 0 Å². The van der Waals surface area contributed by atoms with Crippen molar-refractivity contribution < 1.29 is 29.1 Å². The average Bonchev–Trinajstić information content (AvgIpc) is 3.25. The molecule has 0 aromatic heterocycles. The molecule has 1 heterocycles. The van der Waals surface area contributed by atoms with Gasteiger partial charge in [-0.1, -0.05) is 137 Å². The second-order valence-corrected chi connectivity index (χ2v) is 17.6. The van der Waals surface area contributed by atoms with Gasteiger partial charge in [0.1, 0.15) is 12.1 Å². The van der Waals surface area contributed by atoms with Gasteiger partial charge in [-0.25, -0.2) is 0 Å². The van der Waals surface area contributed by atoms with Crippen LogP contribution in [0.5, 0.6) is 0 Å². The van der Waals surface area contributed by atoms with Crippen molar-refractivity contribution in [1.82, 2.24) is 26.6 Å². The molecule has 0 saturated carbocycles. The predicted octanol–water partition coefficient (Wildman–Crippen LogP) is 6.42. The van der Waals surface area contributed by atoms with E-state index in [4.69, 9.17) is 0 Å². The number of aliphatic hydroxyl groups excluding tert-OH is 1. The number of amides is 5. The predicted molar refractivity (Wildman–Crippen MR) is 243 cm³/mol. The Morgan fingerprint density at radius 1 is 0.661 bits per heavy atom. The Kier molecular flexibility index (Phi) is 15.9. The summed E-state index contributed by atoms with van der Waals surface area (Å²) < 4.78 is 0. The molecule has 4 atom stereocenters. The molecule has 11 nitrogen and oxygen atoms in total. The van der Waals surface area contributed by atoms with Crippen molar-refractivity contribution >= 4 is 51.1 Å². The van der Waals surface area contributed by atoms with Gasteiger partial charge in [-0.15, -0.1) is 0 Å². The molecule has 1 aliphatic rings. The summed E-state index contributed by atoms with van der Waals surface area (Å²) in [5.41, 5.74) is 3.64. The molecule has 0 fully saturated rings. The molecule has 0 saturated heterocycles. The van der Waals surface area contributed by atoms with E-state index in [1.807, 2.05) is 137 Å². The zero-order chi connectivity index (χ0) is 44.2. The van der Waals surface area contributed by atoms with E-state index in [-0.39, 0.29) is 61.9 Å². The van der Waals surface area contributed by atoms with Crippen molar-refractivity contribution in [2.45, 2.75) is 110 Å². The lowest BCUT2D eigenvalue weighted by Crippen LogP contribution is -2.55. The minimum Gasteiger partial charge on any atom is -0.390 e. The molecule has 2 bridgehead atoms. The van der Waals surface area contributed by atoms with Crippen LogP contribution < -0.4 is 26.6 Å². The van der Waals surface area contributed by atoms with E-state index in [0.29, 0.717) is 25.7 Å². The molecule has 0 aliphatic carbocycles. The molecule has 5 amide bonds. The van der Waals surface area contributed by atoms with Crippen LogP contribution in [0.2, 0.25) is 0 Å². The van der Waals surface area contributed by atoms with E-state index in [1.165, 1.54) is 0 Å². The highest BCUT2D eigenvalue weighted by Gasteiger charge is 2.32. The second kappa shape index (κ2) is 21.6. The maximum Gasteiger partial charge on any atom is 0.242 e. The van der Waals surface area contributed by atoms with Gasteiger partial charge < -0.3 is 31.7 Å². The molecule has 11 heteroatoms. The number of nitrogens with one attached hydrogen (secondary N) is 5. The molecule has 0 spiro atoms. The molecule has 0 radical (unpaired) electrons. The van der Waals surface area contributed by atoms with E-state index in [9.17, 15) is 29.1 Å². The summed E-state index contributed by atoms with van der Waals surface area (Å²) >= 11 is 0. The number of benzene rings is 5. The first-order valence-corrected chi connectivity index (χ1v) is 22.0. The lowest BCUT2D eigenvalue weighted by molar-refractivity contribution is -0.133. The summed E-state index contributed by atoms with van der Waals surface area (Å²) in [5, 5.41) is 30.5. The van der Waals surface area contributed by atoms with Crippen LogP contribution in [0.25, 0.3) is 21.5 Å². The van der Waals surface area contributed by atoms with Gasteiger partial charge in [0, 0.05) is 25.4 Å². The van der Waals surface area contributed by atoms with Crippen LogP contribution in [0.15, 0.2) is 109 Å². The van der Waals surface area contributed by atoms with Crippen LogP contribution in [0.1, 0.15) is 82.1 Å². The molecular formula is C51H61N5O6. The summed E-state index contributed by atoms with van der Waals surface area (Å²) in [5.74, 6) is -2.57. The number of hydrogen-bond acceptors (Lipinski definition) is 6. The molecule has 5 aromatic rings. The second-order valence-electron chi connectivity index (χ2n) is 17.6. The normalized spacial score (nSPS) is 19.8. The van der Waals surface area contributed by atoms with E-state index in [2.05, 4.69) is 26.6 Å². The van der Waals surface area contributed by atoms with Crippen LogP contribution in [-0.4, -0.2) is 58.9 Å². The van der Waals surface area contributed by atoms with Gasteiger partial charge in [0.25, 0.3) is 0 Å². The fourth-order valence-corrected chi connectivity index (χ4v) is 8.41. The van der Waals surface area contributed by atoms with Gasteiger partial charge in [0.2, 0.25) is 29.5 Å². The molecule has 6 N–H and O–H groups in total. The van der Waals surface area contributed by atoms with Crippen molar-refractivity contribution in [3.8, 4) is 0 Å². The van der Waals surface area contributed by atoms with Crippen molar-refractivity contribution in [3.63, 3.8) is 0 Å². The van der Waals surface area contributed by atoms with Gasteiger partial charge in [-0.3, -0.25) is 24.0 Å². The smallest absolute Gasteiger partial charge is 0.242 e. The van der Waals surface area contributed by atoms with Gasteiger partial charge in [0.15, 0.2) is 0 Å². The molecule has 326 valence electrons. The summed E-state index contributed by atoms with van der Waals surface area (Å²) in [4.78, 5) is 69.5. The maximum absolute atomic E-state index is 14.8. The zero-order valence-electron chi connectivity index (χ0n) is 36.3. The fourth-order valence-electron chi connectivity index (χ4n) is 8.41. The number of aliphatic hydroxyl groups is 1. The Balaban J connectivity index is 1.31. The topological polar surface area (TPSA) is 166 Å². The highest BCUT2D eigenvalue weighted by molar-refractivity contribution is 5.92. The molecular weight excluding hydrogens is 779 g/mol. The quantitative estimate of drug-likeness (QED) is 0.0951. The Morgan fingerprint density at radius 2 is 1.21 bits per heavy atom. The van der Waals surface area contributed by atoms with Gasteiger partial charge in [-0.2, -0.15) is 0 Å². The fraction of sp³-hybridized carbons (Fsp3) is 0.392. The van der Waals surface area contributed by atoms with Gasteiger partial charge in [0.05, 0.1) is 18.6 Å². The average molecular weight is 840 g/mol. The molecule has 62 heavy (non-hydrogen) atoms.